The van der Waals surface area contributed by atoms with E-state index in [0.717, 1.165) is 17.4 Å². The lowest BCUT2D eigenvalue weighted by atomic mass is 10.1. The minimum Gasteiger partial charge on any atom is -0.321 e. The zero-order valence-electron chi connectivity index (χ0n) is 14.2. The zero-order valence-corrected chi connectivity index (χ0v) is 14.2. The summed E-state index contributed by atoms with van der Waals surface area (Å²) >= 11 is 0. The summed E-state index contributed by atoms with van der Waals surface area (Å²) in [6, 6.07) is 12.8. The molecule has 128 valence electrons. The Morgan fingerprint density at radius 2 is 1.84 bits per heavy atom. The maximum atomic E-state index is 13.0. The Morgan fingerprint density at radius 3 is 2.52 bits per heavy atom. The van der Waals surface area contributed by atoms with E-state index in [-0.39, 0.29) is 17.3 Å². The molecule has 1 N–H and O–H groups in total. The van der Waals surface area contributed by atoms with Crippen molar-refractivity contribution in [3.63, 3.8) is 0 Å². The average Bonchev–Trinajstić information content (AvgIpc) is 2.59. The highest BCUT2D eigenvalue weighted by molar-refractivity contribution is 6.05. The topological polar surface area (TPSA) is 51.1 Å². The molecule has 0 radical (unpaired) electrons. The zero-order chi connectivity index (χ0) is 18.0. The number of hydrogen-bond acceptors (Lipinski definition) is 2. The van der Waals surface area contributed by atoms with Crippen molar-refractivity contribution in [3.8, 4) is 0 Å². The van der Waals surface area contributed by atoms with Crippen LogP contribution in [0.3, 0.4) is 0 Å². The van der Waals surface area contributed by atoms with Gasteiger partial charge in [-0.15, -0.1) is 0 Å². The molecule has 3 rings (SSSR count). The molecule has 4 nitrogen and oxygen atoms in total. The predicted octanol–water partition coefficient (Wildman–Crippen LogP) is 4.11. The third-order valence-electron chi connectivity index (χ3n) is 4.05. The van der Waals surface area contributed by atoms with Gasteiger partial charge in [-0.3, -0.25) is 9.59 Å². The number of aryl methyl sites for hydroxylation is 1. The minimum atomic E-state index is -0.389. The molecule has 0 aliphatic heterocycles. The number of pyridine rings is 1. The van der Waals surface area contributed by atoms with Gasteiger partial charge in [0, 0.05) is 17.6 Å². The first kappa shape index (κ1) is 16.9. The van der Waals surface area contributed by atoms with E-state index in [1.165, 1.54) is 28.8 Å². The Labute approximate surface area is 144 Å². The lowest BCUT2D eigenvalue weighted by Gasteiger charge is -2.14. The van der Waals surface area contributed by atoms with Crippen molar-refractivity contribution in [2.45, 2.75) is 26.8 Å². The summed E-state index contributed by atoms with van der Waals surface area (Å²) in [7, 11) is 0. The maximum absolute atomic E-state index is 13.0. The molecular weight excluding hydrogens is 319 g/mol. The highest BCUT2D eigenvalue weighted by Gasteiger charge is 2.15. The molecule has 3 aromatic rings. The largest absolute Gasteiger partial charge is 0.321 e. The third kappa shape index (κ3) is 3.45. The van der Waals surface area contributed by atoms with Crippen LogP contribution in [-0.4, -0.2) is 10.5 Å². The summed E-state index contributed by atoms with van der Waals surface area (Å²) in [5, 5.41) is 4.05. The van der Waals surface area contributed by atoms with E-state index >= 15 is 0 Å². The highest BCUT2D eigenvalue weighted by Crippen LogP contribution is 2.16. The standard InChI is InChI=1S/C20H19FN2O2/c1-3-10-23-18(19(24)22-16-8-6-15(21)7-9-16)12-14-5-4-13(2)11-17(14)20(23)25/h4-9,11-12H,3,10H2,1-2H3,(H,22,24). The molecule has 0 bridgehead atoms. The van der Waals surface area contributed by atoms with Crippen molar-refractivity contribution in [2.24, 2.45) is 0 Å². The molecule has 1 heterocycles. The van der Waals surface area contributed by atoms with E-state index in [1.54, 1.807) is 6.07 Å². The second-order valence-corrected chi connectivity index (χ2v) is 6.04. The van der Waals surface area contributed by atoms with Crippen LogP contribution in [0.5, 0.6) is 0 Å². The molecule has 0 aliphatic rings. The molecule has 25 heavy (non-hydrogen) atoms. The van der Waals surface area contributed by atoms with E-state index in [1.807, 2.05) is 32.0 Å². The summed E-state index contributed by atoms with van der Waals surface area (Å²) in [6.45, 7) is 4.33. The summed E-state index contributed by atoms with van der Waals surface area (Å²) in [6.07, 6.45) is 0.730. The quantitative estimate of drug-likeness (QED) is 0.778. The maximum Gasteiger partial charge on any atom is 0.272 e. The Hall–Kier alpha value is -2.95. The third-order valence-corrected chi connectivity index (χ3v) is 4.05. The second kappa shape index (κ2) is 6.89. The molecular formula is C20H19FN2O2. The van der Waals surface area contributed by atoms with Crippen molar-refractivity contribution in [2.75, 3.05) is 5.32 Å². The van der Waals surface area contributed by atoms with Gasteiger partial charge in [0.25, 0.3) is 11.5 Å². The van der Waals surface area contributed by atoms with Crippen LogP contribution in [0.4, 0.5) is 10.1 Å². The van der Waals surface area contributed by atoms with Gasteiger partial charge < -0.3 is 9.88 Å². The van der Waals surface area contributed by atoms with Gasteiger partial charge in [0.15, 0.2) is 0 Å². The number of aromatic nitrogens is 1. The van der Waals surface area contributed by atoms with Crippen LogP contribution in [0.15, 0.2) is 53.3 Å². The van der Waals surface area contributed by atoms with Gasteiger partial charge in [-0.05, 0) is 55.1 Å². The average molecular weight is 338 g/mol. The fraction of sp³-hybridized carbons (Fsp3) is 0.200. The van der Waals surface area contributed by atoms with Crippen LogP contribution < -0.4 is 10.9 Å². The summed E-state index contributed by atoms with van der Waals surface area (Å²) in [5.74, 6) is -0.762. The van der Waals surface area contributed by atoms with Gasteiger partial charge in [-0.1, -0.05) is 24.6 Å². The second-order valence-electron chi connectivity index (χ2n) is 6.04. The van der Waals surface area contributed by atoms with Gasteiger partial charge in [0.1, 0.15) is 11.5 Å². The van der Waals surface area contributed by atoms with Crippen LogP contribution in [-0.2, 0) is 6.54 Å². The molecule has 0 saturated carbocycles. The molecule has 2 aromatic carbocycles. The SMILES string of the molecule is CCCn1c(C(=O)Nc2ccc(F)cc2)cc2ccc(C)cc2c1=O. The van der Waals surface area contributed by atoms with Crippen LogP contribution in [0.2, 0.25) is 0 Å². The number of nitrogens with one attached hydrogen (secondary N) is 1. The number of hydrogen-bond donors (Lipinski definition) is 1. The van der Waals surface area contributed by atoms with E-state index in [2.05, 4.69) is 5.32 Å². The van der Waals surface area contributed by atoms with Crippen LogP contribution >= 0.6 is 0 Å². The summed E-state index contributed by atoms with van der Waals surface area (Å²) in [4.78, 5) is 25.5. The first-order valence-electron chi connectivity index (χ1n) is 8.20. The van der Waals surface area contributed by atoms with Gasteiger partial charge in [0.05, 0.1) is 0 Å². The first-order chi connectivity index (χ1) is 12.0. The number of fused-ring (bicyclic) bond motifs is 1. The number of carbonyl (C=O) groups is 1. The number of anilines is 1. The van der Waals surface area contributed by atoms with E-state index in [0.29, 0.717) is 23.3 Å². The Balaban J connectivity index is 2.08. The van der Waals surface area contributed by atoms with Crippen LogP contribution in [0.25, 0.3) is 10.8 Å². The van der Waals surface area contributed by atoms with Gasteiger partial charge in [-0.25, -0.2) is 4.39 Å². The Bertz CT molecular complexity index is 991. The molecule has 1 aromatic heterocycles. The molecule has 0 spiro atoms. The van der Waals surface area contributed by atoms with Crippen LogP contribution in [0.1, 0.15) is 29.4 Å². The molecule has 0 atom stereocenters. The van der Waals surface area contributed by atoms with Crippen LogP contribution in [0, 0.1) is 12.7 Å². The van der Waals surface area contributed by atoms with Gasteiger partial charge in [-0.2, -0.15) is 0 Å². The van der Waals surface area contributed by atoms with E-state index in [9.17, 15) is 14.0 Å². The lowest BCUT2D eigenvalue weighted by Crippen LogP contribution is -2.28. The smallest absolute Gasteiger partial charge is 0.272 e. The number of amides is 1. The van der Waals surface area contributed by atoms with Gasteiger partial charge in [0.2, 0.25) is 0 Å². The number of rotatable bonds is 4. The Kier molecular flexibility index (Phi) is 4.65. The molecule has 0 fully saturated rings. The fourth-order valence-corrected chi connectivity index (χ4v) is 2.82. The summed E-state index contributed by atoms with van der Waals surface area (Å²) < 4.78 is 14.5. The lowest BCUT2D eigenvalue weighted by molar-refractivity contribution is 0.101. The van der Waals surface area contributed by atoms with Crippen molar-refractivity contribution in [3.05, 3.63) is 76.0 Å². The molecule has 1 amide bonds. The number of carbonyl (C=O) groups excluding carboxylic acids is 1. The molecule has 0 unspecified atom stereocenters. The van der Waals surface area contributed by atoms with Crippen molar-refractivity contribution in [1.29, 1.82) is 0 Å². The number of benzene rings is 2. The van der Waals surface area contributed by atoms with Crippen molar-refractivity contribution < 1.29 is 9.18 Å². The van der Waals surface area contributed by atoms with E-state index < -0.39 is 0 Å². The highest BCUT2D eigenvalue weighted by atomic mass is 19.1. The summed E-state index contributed by atoms with van der Waals surface area (Å²) in [5.41, 5.74) is 1.60. The molecule has 0 saturated heterocycles. The first-order valence-corrected chi connectivity index (χ1v) is 8.20. The van der Waals surface area contributed by atoms with Crippen molar-refractivity contribution >= 4 is 22.4 Å². The van der Waals surface area contributed by atoms with E-state index in [4.69, 9.17) is 0 Å². The normalized spacial score (nSPS) is 10.8. The number of nitrogens with zero attached hydrogens (tertiary/aromatic N) is 1. The van der Waals surface area contributed by atoms with Crippen molar-refractivity contribution in [1.82, 2.24) is 4.57 Å². The van der Waals surface area contributed by atoms with Gasteiger partial charge >= 0.3 is 0 Å². The minimum absolute atomic E-state index is 0.174. The Morgan fingerprint density at radius 1 is 1.12 bits per heavy atom. The number of halogens is 1. The molecule has 0 aliphatic carbocycles. The monoisotopic (exact) mass is 338 g/mol. The predicted molar refractivity (Wildman–Crippen MR) is 97.6 cm³/mol. The molecule has 5 heteroatoms. The fourth-order valence-electron chi connectivity index (χ4n) is 2.82.